The van der Waals surface area contributed by atoms with Crippen LogP contribution in [0.3, 0.4) is 0 Å². The van der Waals surface area contributed by atoms with Gasteiger partial charge in [-0.2, -0.15) is 0 Å². The summed E-state index contributed by atoms with van der Waals surface area (Å²) >= 11 is 5.34. The van der Waals surface area contributed by atoms with Gasteiger partial charge in [-0.3, -0.25) is 0 Å². The predicted octanol–water partition coefficient (Wildman–Crippen LogP) is 4.93. The largest absolute Gasteiger partial charge is 0.324 e. The number of aryl methyl sites for hydroxylation is 1. The fraction of sp³-hybridized carbons (Fsp3) is 0.200. The molecule has 2 N–H and O–H groups in total. The van der Waals surface area contributed by atoms with Gasteiger partial charge in [0.2, 0.25) is 0 Å². The lowest BCUT2D eigenvalue weighted by molar-refractivity contribution is 0.811. The summed E-state index contributed by atoms with van der Waals surface area (Å²) in [6.07, 6.45) is 0. The molecule has 2 aromatic carbocycles. The molecule has 0 bridgehead atoms. The minimum absolute atomic E-state index is 0.0535. The number of hydrogen-bond donors (Lipinski definition) is 1. The predicted molar refractivity (Wildman–Crippen MR) is 82.0 cm³/mol. The van der Waals surface area contributed by atoms with Gasteiger partial charge in [0, 0.05) is 20.3 Å². The molecule has 0 amide bonds. The molecular formula is C15H16BrNS. The van der Waals surface area contributed by atoms with Crippen molar-refractivity contribution in [3.8, 4) is 0 Å². The van der Waals surface area contributed by atoms with Crippen LogP contribution >= 0.6 is 27.7 Å². The Hall–Kier alpha value is -0.770. The van der Waals surface area contributed by atoms with Crippen molar-refractivity contribution in [3.63, 3.8) is 0 Å². The van der Waals surface area contributed by atoms with Crippen LogP contribution in [-0.4, -0.2) is 0 Å². The van der Waals surface area contributed by atoms with E-state index in [9.17, 15) is 0 Å². The van der Waals surface area contributed by atoms with Crippen LogP contribution in [0, 0.1) is 6.92 Å². The summed E-state index contributed by atoms with van der Waals surface area (Å²) in [7, 11) is 0. The quantitative estimate of drug-likeness (QED) is 0.867. The van der Waals surface area contributed by atoms with Crippen molar-refractivity contribution >= 4 is 27.7 Å². The first-order valence-corrected chi connectivity index (χ1v) is 7.47. The summed E-state index contributed by atoms with van der Waals surface area (Å²) in [5.41, 5.74) is 8.32. The maximum Gasteiger partial charge on any atom is 0.0277 e. The Bertz CT molecular complexity index is 535. The standard InChI is InChI=1S/C15H16BrNS/c1-10-3-5-12(6-4-10)18-13-7-8-14(11(2)17)15(16)9-13/h3-9,11H,17H2,1-2H3/t11-/m1/s1. The molecule has 0 unspecified atom stereocenters. The molecule has 0 radical (unpaired) electrons. The topological polar surface area (TPSA) is 26.0 Å². The Morgan fingerprint density at radius 2 is 1.67 bits per heavy atom. The molecule has 0 aliphatic rings. The van der Waals surface area contributed by atoms with Crippen molar-refractivity contribution in [1.82, 2.24) is 0 Å². The summed E-state index contributed by atoms with van der Waals surface area (Å²) in [6, 6.07) is 14.9. The Kier molecular flexibility index (Phi) is 4.49. The third-order valence-corrected chi connectivity index (χ3v) is 4.40. The van der Waals surface area contributed by atoms with Crippen LogP contribution in [0.15, 0.2) is 56.7 Å². The molecule has 0 aliphatic heterocycles. The number of nitrogens with two attached hydrogens (primary N) is 1. The highest BCUT2D eigenvalue weighted by Gasteiger charge is 2.06. The van der Waals surface area contributed by atoms with E-state index in [1.807, 2.05) is 6.92 Å². The van der Waals surface area contributed by atoms with Crippen LogP contribution in [-0.2, 0) is 0 Å². The van der Waals surface area contributed by atoms with Crippen LogP contribution < -0.4 is 5.73 Å². The molecule has 0 saturated carbocycles. The van der Waals surface area contributed by atoms with E-state index in [-0.39, 0.29) is 6.04 Å². The van der Waals surface area contributed by atoms with Gasteiger partial charge in [-0.15, -0.1) is 0 Å². The van der Waals surface area contributed by atoms with Crippen LogP contribution in [0.1, 0.15) is 24.1 Å². The van der Waals surface area contributed by atoms with Crippen LogP contribution in [0.4, 0.5) is 0 Å². The Morgan fingerprint density at radius 1 is 1.06 bits per heavy atom. The third kappa shape index (κ3) is 3.37. The smallest absolute Gasteiger partial charge is 0.0277 e. The van der Waals surface area contributed by atoms with Gasteiger partial charge >= 0.3 is 0 Å². The lowest BCUT2D eigenvalue weighted by Gasteiger charge is -2.10. The number of benzene rings is 2. The van der Waals surface area contributed by atoms with Gasteiger partial charge in [-0.05, 0) is 43.7 Å². The van der Waals surface area contributed by atoms with E-state index >= 15 is 0 Å². The number of hydrogen-bond acceptors (Lipinski definition) is 2. The van der Waals surface area contributed by atoms with Crippen LogP contribution in [0.2, 0.25) is 0 Å². The van der Waals surface area contributed by atoms with Crippen molar-refractivity contribution < 1.29 is 0 Å². The van der Waals surface area contributed by atoms with Crippen molar-refractivity contribution in [1.29, 1.82) is 0 Å². The lowest BCUT2D eigenvalue weighted by atomic mass is 10.1. The Balaban J connectivity index is 2.20. The van der Waals surface area contributed by atoms with Gasteiger partial charge < -0.3 is 5.73 Å². The average molecular weight is 322 g/mol. The van der Waals surface area contributed by atoms with E-state index in [4.69, 9.17) is 5.73 Å². The molecule has 2 rings (SSSR count). The average Bonchev–Trinajstić information content (AvgIpc) is 2.32. The van der Waals surface area contributed by atoms with E-state index in [2.05, 4.69) is 65.3 Å². The normalized spacial score (nSPS) is 12.4. The highest BCUT2D eigenvalue weighted by Crippen LogP contribution is 2.32. The van der Waals surface area contributed by atoms with E-state index < -0.39 is 0 Å². The second-order valence-electron chi connectivity index (χ2n) is 4.39. The van der Waals surface area contributed by atoms with Crippen LogP contribution in [0.25, 0.3) is 0 Å². The number of halogens is 1. The van der Waals surface area contributed by atoms with Crippen molar-refractivity contribution in [2.24, 2.45) is 5.73 Å². The molecule has 0 spiro atoms. The molecule has 1 atom stereocenters. The molecule has 2 aromatic rings. The molecule has 0 heterocycles. The molecule has 0 aromatic heterocycles. The van der Waals surface area contributed by atoms with E-state index in [1.165, 1.54) is 15.4 Å². The summed E-state index contributed by atoms with van der Waals surface area (Å²) in [6.45, 7) is 4.09. The maximum atomic E-state index is 5.90. The zero-order valence-electron chi connectivity index (χ0n) is 10.5. The fourth-order valence-corrected chi connectivity index (χ4v) is 3.43. The minimum Gasteiger partial charge on any atom is -0.324 e. The second kappa shape index (κ2) is 5.91. The Labute approximate surface area is 121 Å². The van der Waals surface area contributed by atoms with Crippen molar-refractivity contribution in [2.75, 3.05) is 0 Å². The molecule has 0 fully saturated rings. The van der Waals surface area contributed by atoms with Gasteiger partial charge in [-0.1, -0.05) is 51.5 Å². The first kappa shape index (κ1) is 13.7. The summed E-state index contributed by atoms with van der Waals surface area (Å²) in [4.78, 5) is 2.47. The highest BCUT2D eigenvalue weighted by molar-refractivity contribution is 9.10. The summed E-state index contributed by atoms with van der Waals surface area (Å²) in [5.74, 6) is 0. The minimum atomic E-state index is 0.0535. The first-order valence-electron chi connectivity index (χ1n) is 5.86. The first-order chi connectivity index (χ1) is 8.56. The molecule has 1 nitrogen and oxygen atoms in total. The summed E-state index contributed by atoms with van der Waals surface area (Å²) in [5, 5.41) is 0. The molecule has 94 valence electrons. The van der Waals surface area contributed by atoms with Gasteiger partial charge in [0.1, 0.15) is 0 Å². The van der Waals surface area contributed by atoms with Gasteiger partial charge in [0.05, 0.1) is 0 Å². The molecule has 18 heavy (non-hydrogen) atoms. The Morgan fingerprint density at radius 3 is 2.22 bits per heavy atom. The third-order valence-electron chi connectivity index (χ3n) is 2.72. The summed E-state index contributed by atoms with van der Waals surface area (Å²) < 4.78 is 1.08. The fourth-order valence-electron chi connectivity index (χ4n) is 1.68. The highest BCUT2D eigenvalue weighted by atomic mass is 79.9. The van der Waals surface area contributed by atoms with E-state index in [0.717, 1.165) is 10.0 Å². The second-order valence-corrected chi connectivity index (χ2v) is 6.39. The molecule has 3 heteroatoms. The van der Waals surface area contributed by atoms with E-state index in [1.54, 1.807) is 11.8 Å². The van der Waals surface area contributed by atoms with Crippen molar-refractivity contribution in [2.45, 2.75) is 29.7 Å². The van der Waals surface area contributed by atoms with Gasteiger partial charge in [-0.25, -0.2) is 0 Å². The van der Waals surface area contributed by atoms with Crippen LogP contribution in [0.5, 0.6) is 0 Å². The van der Waals surface area contributed by atoms with Gasteiger partial charge in [0.15, 0.2) is 0 Å². The maximum absolute atomic E-state index is 5.90. The lowest BCUT2D eigenvalue weighted by Crippen LogP contribution is -2.05. The molecule has 0 saturated heterocycles. The number of rotatable bonds is 3. The van der Waals surface area contributed by atoms with Crippen molar-refractivity contribution in [3.05, 3.63) is 58.1 Å². The molecule has 0 aliphatic carbocycles. The van der Waals surface area contributed by atoms with Gasteiger partial charge in [0.25, 0.3) is 0 Å². The molecular weight excluding hydrogens is 306 g/mol. The SMILES string of the molecule is Cc1ccc(Sc2ccc([C@@H](C)N)c(Br)c2)cc1. The monoisotopic (exact) mass is 321 g/mol. The zero-order chi connectivity index (χ0) is 13.1. The van der Waals surface area contributed by atoms with E-state index in [0.29, 0.717) is 0 Å². The zero-order valence-corrected chi connectivity index (χ0v) is 12.9.